The molecule has 0 saturated carbocycles. The summed E-state index contributed by atoms with van der Waals surface area (Å²) in [6, 6.07) is 31.9. The van der Waals surface area contributed by atoms with Crippen molar-refractivity contribution in [2.24, 2.45) is 0 Å². The Morgan fingerprint density at radius 1 is 0.500 bits per heavy atom. The van der Waals surface area contributed by atoms with Crippen LogP contribution in [0.2, 0.25) is 0 Å². The van der Waals surface area contributed by atoms with Crippen molar-refractivity contribution < 1.29 is 10.2 Å². The Kier molecular flexibility index (Phi) is 3.94. The molecule has 1 aliphatic carbocycles. The molecule has 6 aromatic rings. The molecule has 7 rings (SSSR count). The molecule has 2 atom stereocenters. The highest BCUT2D eigenvalue weighted by molar-refractivity contribution is 5.93. The molecule has 0 aliphatic heterocycles. The van der Waals surface area contributed by atoms with Crippen LogP contribution in [-0.4, -0.2) is 20.2 Å². The summed E-state index contributed by atoms with van der Waals surface area (Å²) in [5.41, 5.74) is 8.88. The van der Waals surface area contributed by atoms with Gasteiger partial charge in [0.05, 0.1) is 11.8 Å². The summed E-state index contributed by atoms with van der Waals surface area (Å²) in [5.74, 6) is 0.363. The van der Waals surface area contributed by atoms with Crippen LogP contribution < -0.4 is 0 Å². The van der Waals surface area contributed by atoms with Gasteiger partial charge in [-0.1, -0.05) is 60.7 Å². The first kappa shape index (κ1) is 19.1. The monoisotopic (exact) mass is 442 g/mol. The smallest absolute Gasteiger partial charge is 0.115 e. The molecule has 0 bridgehead atoms. The lowest BCUT2D eigenvalue weighted by Gasteiger charge is -2.31. The number of nitrogens with one attached hydrogen (secondary N) is 2. The van der Waals surface area contributed by atoms with E-state index in [4.69, 9.17) is 0 Å². The van der Waals surface area contributed by atoms with Crippen molar-refractivity contribution >= 4 is 21.8 Å². The first-order chi connectivity index (χ1) is 16.7. The molecule has 0 saturated heterocycles. The molecule has 4 nitrogen and oxygen atoms in total. The molecule has 4 N–H and O–H groups in total. The number of phenolic OH excluding ortho intramolecular Hbond substituents is 2. The minimum absolute atomic E-state index is 0.0748. The molecule has 1 aliphatic rings. The van der Waals surface area contributed by atoms with Crippen LogP contribution in [0, 0.1) is 0 Å². The van der Waals surface area contributed by atoms with Gasteiger partial charge in [-0.05, 0) is 58.7 Å². The molecule has 164 valence electrons. The Bertz CT molecular complexity index is 1580. The number of fused-ring (bicyclic) bond motifs is 6. The molecule has 0 spiro atoms. The average Bonchev–Trinajstić information content (AvgIpc) is 3.41. The predicted octanol–water partition coefficient (Wildman–Crippen LogP) is 6.73. The van der Waals surface area contributed by atoms with E-state index in [2.05, 4.69) is 58.5 Å². The topological polar surface area (TPSA) is 72.0 Å². The van der Waals surface area contributed by atoms with Gasteiger partial charge >= 0.3 is 0 Å². The van der Waals surface area contributed by atoms with Crippen LogP contribution in [0.5, 0.6) is 11.5 Å². The van der Waals surface area contributed by atoms with Crippen LogP contribution in [0.15, 0.2) is 97.1 Å². The molecule has 34 heavy (non-hydrogen) atoms. The molecule has 0 fully saturated rings. The standard InChI is InChI=1S/C30H22N2O2/c33-19-9-5-7-17(15-19)25-27-21-11-1-3-13-23(21)31-29(27)26(18-8-6-10-20(34)16-18)28-22-12-2-4-14-24(22)32-30(25)28/h1-16,25-26,31-34H. The highest BCUT2D eigenvalue weighted by atomic mass is 16.3. The number of rotatable bonds is 2. The summed E-state index contributed by atoms with van der Waals surface area (Å²) in [7, 11) is 0. The SMILES string of the molecule is Oc1cccc(C2c3[nH]c4ccccc4c3C(c3cccc(O)c3)c3[nH]c4ccccc4c32)c1. The van der Waals surface area contributed by atoms with Gasteiger partial charge in [-0.25, -0.2) is 0 Å². The molecule has 0 radical (unpaired) electrons. The van der Waals surface area contributed by atoms with E-state index in [1.54, 1.807) is 12.1 Å². The van der Waals surface area contributed by atoms with Crippen molar-refractivity contribution in [1.29, 1.82) is 0 Å². The van der Waals surface area contributed by atoms with Gasteiger partial charge in [0.2, 0.25) is 0 Å². The number of hydrogen-bond acceptors (Lipinski definition) is 2. The lowest BCUT2D eigenvalue weighted by Crippen LogP contribution is -2.19. The van der Waals surface area contributed by atoms with Gasteiger partial charge in [-0.15, -0.1) is 0 Å². The van der Waals surface area contributed by atoms with E-state index < -0.39 is 0 Å². The summed E-state index contributed by atoms with van der Waals surface area (Å²) in [4.78, 5) is 7.47. The molecule has 4 aromatic carbocycles. The van der Waals surface area contributed by atoms with Gasteiger partial charge in [0, 0.05) is 33.2 Å². The first-order valence-electron chi connectivity index (χ1n) is 11.5. The van der Waals surface area contributed by atoms with E-state index in [1.165, 1.54) is 21.9 Å². The minimum Gasteiger partial charge on any atom is -0.508 e. The van der Waals surface area contributed by atoms with Crippen molar-refractivity contribution in [3.05, 3.63) is 131 Å². The van der Waals surface area contributed by atoms with E-state index in [9.17, 15) is 10.2 Å². The third-order valence-corrected chi connectivity index (χ3v) is 7.12. The number of aromatic amines is 2. The van der Waals surface area contributed by atoms with E-state index in [0.29, 0.717) is 0 Å². The molecule has 2 unspecified atom stereocenters. The van der Waals surface area contributed by atoms with Crippen LogP contribution >= 0.6 is 0 Å². The number of aromatic hydroxyl groups is 2. The lowest BCUT2D eigenvalue weighted by atomic mass is 9.72. The Morgan fingerprint density at radius 2 is 0.941 bits per heavy atom. The number of hydrogen-bond donors (Lipinski definition) is 4. The lowest BCUT2D eigenvalue weighted by molar-refractivity contribution is 0.473. The number of para-hydroxylation sites is 2. The fraction of sp³-hybridized carbons (Fsp3) is 0.0667. The van der Waals surface area contributed by atoms with Crippen molar-refractivity contribution in [3.8, 4) is 11.5 Å². The molecule has 2 aromatic heterocycles. The minimum atomic E-state index is -0.0748. The number of H-pyrrole nitrogens is 2. The van der Waals surface area contributed by atoms with Gasteiger partial charge in [0.15, 0.2) is 0 Å². The molecule has 0 amide bonds. The molecular weight excluding hydrogens is 420 g/mol. The van der Waals surface area contributed by atoms with Gasteiger partial charge in [-0.3, -0.25) is 0 Å². The summed E-state index contributed by atoms with van der Waals surface area (Å²) in [6.07, 6.45) is 0. The van der Waals surface area contributed by atoms with Crippen LogP contribution in [0.4, 0.5) is 0 Å². The van der Waals surface area contributed by atoms with E-state index >= 15 is 0 Å². The predicted molar refractivity (Wildman–Crippen MR) is 135 cm³/mol. The summed E-state index contributed by atoms with van der Waals surface area (Å²) in [6.45, 7) is 0. The van der Waals surface area contributed by atoms with E-state index in [-0.39, 0.29) is 23.3 Å². The van der Waals surface area contributed by atoms with Gasteiger partial charge in [0.25, 0.3) is 0 Å². The van der Waals surface area contributed by atoms with Crippen LogP contribution in [0.3, 0.4) is 0 Å². The number of phenols is 2. The largest absolute Gasteiger partial charge is 0.508 e. The fourth-order valence-corrected chi connectivity index (χ4v) is 5.81. The highest BCUT2D eigenvalue weighted by Crippen LogP contribution is 2.53. The molecule has 2 heterocycles. The second-order valence-corrected chi connectivity index (χ2v) is 9.05. The third-order valence-electron chi connectivity index (χ3n) is 7.12. The summed E-state index contributed by atoms with van der Waals surface area (Å²) < 4.78 is 0. The van der Waals surface area contributed by atoms with E-state index in [1.807, 2.05) is 36.4 Å². The van der Waals surface area contributed by atoms with Crippen molar-refractivity contribution in [2.75, 3.05) is 0 Å². The maximum Gasteiger partial charge on any atom is 0.115 e. The van der Waals surface area contributed by atoms with Crippen molar-refractivity contribution in [3.63, 3.8) is 0 Å². The highest BCUT2D eigenvalue weighted by Gasteiger charge is 2.39. The zero-order chi connectivity index (χ0) is 22.8. The Labute approximate surface area is 196 Å². The maximum absolute atomic E-state index is 10.4. The van der Waals surface area contributed by atoms with Crippen molar-refractivity contribution in [1.82, 2.24) is 9.97 Å². The zero-order valence-corrected chi connectivity index (χ0v) is 18.3. The quantitative estimate of drug-likeness (QED) is 0.240. The zero-order valence-electron chi connectivity index (χ0n) is 18.3. The Hall–Kier alpha value is -4.44. The number of benzene rings is 4. The van der Waals surface area contributed by atoms with Gasteiger partial charge < -0.3 is 20.2 Å². The Morgan fingerprint density at radius 3 is 1.38 bits per heavy atom. The third kappa shape index (κ3) is 2.66. The average molecular weight is 443 g/mol. The maximum atomic E-state index is 10.4. The van der Waals surface area contributed by atoms with Gasteiger partial charge in [0.1, 0.15) is 11.5 Å². The van der Waals surface area contributed by atoms with Crippen LogP contribution in [0.25, 0.3) is 21.8 Å². The second kappa shape index (κ2) is 7.03. The normalized spacial score (nSPS) is 17.1. The van der Waals surface area contributed by atoms with Crippen LogP contribution in [0.1, 0.15) is 45.5 Å². The first-order valence-corrected chi connectivity index (χ1v) is 11.5. The fourth-order valence-electron chi connectivity index (χ4n) is 5.81. The van der Waals surface area contributed by atoms with Crippen molar-refractivity contribution in [2.45, 2.75) is 11.8 Å². The summed E-state index contributed by atoms with van der Waals surface area (Å²) >= 11 is 0. The van der Waals surface area contributed by atoms with Crippen LogP contribution in [-0.2, 0) is 0 Å². The molecule has 4 heteroatoms. The number of aromatic nitrogens is 2. The van der Waals surface area contributed by atoms with Gasteiger partial charge in [-0.2, -0.15) is 0 Å². The van der Waals surface area contributed by atoms with E-state index in [0.717, 1.165) is 33.5 Å². The summed E-state index contributed by atoms with van der Waals surface area (Å²) in [5, 5.41) is 23.1. The molecular formula is C30H22N2O2. The second-order valence-electron chi connectivity index (χ2n) is 9.05. The Balaban J connectivity index is 1.64.